The average molecular weight is 301 g/mol. The monoisotopic (exact) mass is 301 g/mol. The van der Waals surface area contributed by atoms with Gasteiger partial charge in [-0.25, -0.2) is 9.78 Å². The van der Waals surface area contributed by atoms with Gasteiger partial charge in [-0.15, -0.1) is 0 Å². The molecule has 3 rings (SSSR count). The minimum Gasteiger partial charge on any atom is -0.491 e. The lowest BCUT2D eigenvalue weighted by Crippen LogP contribution is -2.09. The van der Waals surface area contributed by atoms with Crippen LogP contribution in [0.4, 0.5) is 0 Å². The van der Waals surface area contributed by atoms with Gasteiger partial charge in [0.05, 0.1) is 19.8 Å². The van der Waals surface area contributed by atoms with E-state index in [0.29, 0.717) is 11.1 Å². The van der Waals surface area contributed by atoms with Crippen molar-refractivity contribution in [2.24, 2.45) is 0 Å². The normalized spacial score (nSPS) is 10.8. The van der Waals surface area contributed by atoms with Crippen LogP contribution in [0.3, 0.4) is 0 Å². The summed E-state index contributed by atoms with van der Waals surface area (Å²) in [6.07, 6.45) is 0. The molecule has 7 nitrogen and oxygen atoms in total. The fourth-order valence-corrected chi connectivity index (χ4v) is 2.21. The van der Waals surface area contributed by atoms with Gasteiger partial charge in [0.15, 0.2) is 22.8 Å². The molecule has 1 heterocycles. The third-order valence-corrected chi connectivity index (χ3v) is 3.21. The first kappa shape index (κ1) is 13.9. The minimum atomic E-state index is -1.07. The number of carboxylic acid groups (broad SMARTS) is 1. The first-order valence-corrected chi connectivity index (χ1v) is 6.28. The molecule has 7 heteroatoms. The zero-order chi connectivity index (χ0) is 15.9. The maximum Gasteiger partial charge on any atom is 0.335 e. The third kappa shape index (κ3) is 2.03. The number of hydrogen-bond acceptors (Lipinski definition) is 6. The first-order chi connectivity index (χ1) is 10.5. The van der Waals surface area contributed by atoms with Gasteiger partial charge in [-0.05, 0) is 18.2 Å². The number of aromatic nitrogens is 1. The molecule has 0 amide bonds. The highest BCUT2D eigenvalue weighted by Gasteiger charge is 2.22. The largest absolute Gasteiger partial charge is 0.491 e. The van der Waals surface area contributed by atoms with Crippen molar-refractivity contribution in [3.63, 3.8) is 0 Å². The summed E-state index contributed by atoms with van der Waals surface area (Å²) in [6, 6.07) is 5.54. The molecule has 2 aliphatic rings. The Balaban J connectivity index is 2.40. The summed E-state index contributed by atoms with van der Waals surface area (Å²) in [5.41, 5.74) is 0.685. The maximum absolute atomic E-state index is 12.0. The Hall–Kier alpha value is -3.09. The number of nitrogens with zero attached hydrogens (tertiary/aromatic N) is 1. The molecular formula is C15H11NO6. The van der Waals surface area contributed by atoms with E-state index in [2.05, 4.69) is 4.98 Å². The lowest BCUT2D eigenvalue weighted by Gasteiger charge is -2.13. The van der Waals surface area contributed by atoms with Gasteiger partial charge >= 0.3 is 5.97 Å². The predicted molar refractivity (Wildman–Crippen MR) is 77.0 cm³/mol. The van der Waals surface area contributed by atoms with Crippen LogP contribution in [0.25, 0.3) is 22.6 Å². The van der Waals surface area contributed by atoms with E-state index < -0.39 is 5.97 Å². The van der Waals surface area contributed by atoms with E-state index in [1.54, 1.807) is 0 Å². The van der Waals surface area contributed by atoms with Crippen LogP contribution in [0, 0.1) is 0 Å². The Labute approximate surface area is 124 Å². The van der Waals surface area contributed by atoms with E-state index in [-0.39, 0.29) is 33.9 Å². The van der Waals surface area contributed by atoms with Crippen LogP contribution in [0.1, 0.15) is 10.4 Å². The van der Waals surface area contributed by atoms with Crippen molar-refractivity contribution in [1.82, 2.24) is 4.98 Å². The van der Waals surface area contributed by atoms with Crippen molar-refractivity contribution >= 4 is 17.1 Å². The summed E-state index contributed by atoms with van der Waals surface area (Å²) in [4.78, 5) is 27.3. The summed E-state index contributed by atoms with van der Waals surface area (Å²) in [7, 11) is 2.74. The summed E-state index contributed by atoms with van der Waals surface area (Å²) >= 11 is 0. The van der Waals surface area contributed by atoms with Crippen LogP contribution in [0.5, 0.6) is 11.5 Å². The molecule has 0 fully saturated rings. The standard InChI is InChI=1S/C15H11NO6/c1-20-13-9(17)6-11-12(14(13)21-2)16-8-5-7(15(18)19)3-4-10(8)22-11/h3-6H,1-2H3,(H,18,19). The predicted octanol–water partition coefficient (Wildman–Crippen LogP) is 2.01. The average Bonchev–Trinajstić information content (AvgIpc) is 2.51. The molecule has 0 radical (unpaired) electrons. The third-order valence-electron chi connectivity index (χ3n) is 3.21. The number of rotatable bonds is 3. The van der Waals surface area contributed by atoms with Crippen molar-refractivity contribution in [3.8, 4) is 23.0 Å². The van der Waals surface area contributed by atoms with Crippen LogP contribution in [0.2, 0.25) is 0 Å². The molecule has 1 aromatic rings. The number of aromatic carboxylic acids is 1. The molecule has 0 saturated heterocycles. The van der Waals surface area contributed by atoms with Crippen LogP contribution in [-0.2, 0) is 0 Å². The highest BCUT2D eigenvalue weighted by atomic mass is 16.5. The maximum atomic E-state index is 12.0. The number of ether oxygens (including phenoxy) is 2. The minimum absolute atomic E-state index is 0.0199. The van der Waals surface area contributed by atoms with E-state index in [9.17, 15) is 9.59 Å². The van der Waals surface area contributed by atoms with Crippen LogP contribution >= 0.6 is 0 Å². The highest BCUT2D eigenvalue weighted by Crippen LogP contribution is 2.37. The summed E-state index contributed by atoms with van der Waals surface area (Å²) in [5, 5.41) is 9.03. The lowest BCUT2D eigenvalue weighted by molar-refractivity contribution is 0.0697. The van der Waals surface area contributed by atoms with Crippen molar-refractivity contribution in [2.45, 2.75) is 0 Å². The zero-order valence-electron chi connectivity index (χ0n) is 11.7. The second-order valence-electron chi connectivity index (χ2n) is 4.49. The fourth-order valence-electron chi connectivity index (χ4n) is 2.21. The van der Waals surface area contributed by atoms with Crippen molar-refractivity contribution in [3.05, 3.63) is 40.1 Å². The molecule has 0 atom stereocenters. The fraction of sp³-hybridized carbons (Fsp3) is 0.133. The van der Waals surface area contributed by atoms with Gasteiger partial charge in [0.25, 0.3) is 0 Å². The summed E-state index contributed by atoms with van der Waals surface area (Å²) < 4.78 is 15.8. The molecule has 0 spiro atoms. The van der Waals surface area contributed by atoms with Gasteiger partial charge in [-0.2, -0.15) is 0 Å². The number of carbonyl (C=O) groups is 1. The van der Waals surface area contributed by atoms with Gasteiger partial charge in [0.1, 0.15) is 5.52 Å². The van der Waals surface area contributed by atoms with Crippen LogP contribution in [-0.4, -0.2) is 30.3 Å². The Morgan fingerprint density at radius 1 is 1.18 bits per heavy atom. The molecule has 0 aromatic heterocycles. The number of fused-ring (bicyclic) bond motifs is 2. The van der Waals surface area contributed by atoms with Crippen molar-refractivity contribution < 1.29 is 23.8 Å². The Bertz CT molecular complexity index is 914. The van der Waals surface area contributed by atoms with Gasteiger partial charge in [0.2, 0.25) is 11.2 Å². The Morgan fingerprint density at radius 2 is 1.91 bits per heavy atom. The van der Waals surface area contributed by atoms with Gasteiger partial charge in [-0.3, -0.25) is 4.79 Å². The van der Waals surface area contributed by atoms with Gasteiger partial charge in [-0.1, -0.05) is 0 Å². The topological polar surface area (TPSA) is 98.9 Å². The smallest absolute Gasteiger partial charge is 0.335 e. The number of benzene rings is 2. The molecule has 1 aromatic carbocycles. The molecule has 1 N–H and O–H groups in total. The van der Waals surface area contributed by atoms with Crippen molar-refractivity contribution in [1.29, 1.82) is 0 Å². The molecule has 112 valence electrons. The van der Waals surface area contributed by atoms with E-state index in [1.165, 1.54) is 38.5 Å². The van der Waals surface area contributed by atoms with E-state index in [4.69, 9.17) is 19.0 Å². The van der Waals surface area contributed by atoms with Crippen LogP contribution in [0.15, 0.2) is 33.5 Å². The van der Waals surface area contributed by atoms with Crippen LogP contribution < -0.4 is 14.9 Å². The summed E-state index contributed by atoms with van der Waals surface area (Å²) in [6.45, 7) is 0. The number of hydrogen-bond donors (Lipinski definition) is 1. The SMILES string of the molecule is COc1c2nc3cc(C(=O)O)ccc3oc-2cc(=O)c1OC. The molecule has 0 bridgehead atoms. The lowest BCUT2D eigenvalue weighted by atomic mass is 10.1. The second kappa shape index (κ2) is 5.03. The number of carboxylic acids is 1. The number of methoxy groups -OCH3 is 2. The molecule has 1 aliphatic carbocycles. The molecule has 0 unspecified atom stereocenters. The Morgan fingerprint density at radius 3 is 2.55 bits per heavy atom. The first-order valence-electron chi connectivity index (χ1n) is 6.28. The molecular weight excluding hydrogens is 290 g/mol. The quantitative estimate of drug-likeness (QED) is 0.739. The summed E-state index contributed by atoms with van der Waals surface area (Å²) in [5.74, 6) is -0.663. The van der Waals surface area contributed by atoms with E-state index >= 15 is 0 Å². The highest BCUT2D eigenvalue weighted by molar-refractivity contribution is 5.92. The van der Waals surface area contributed by atoms with E-state index in [0.717, 1.165) is 0 Å². The van der Waals surface area contributed by atoms with Gasteiger partial charge < -0.3 is 19.0 Å². The van der Waals surface area contributed by atoms with Gasteiger partial charge in [0, 0.05) is 6.07 Å². The molecule has 0 saturated carbocycles. The molecule has 1 aliphatic heterocycles. The molecule has 22 heavy (non-hydrogen) atoms. The van der Waals surface area contributed by atoms with Crippen molar-refractivity contribution in [2.75, 3.05) is 14.2 Å². The zero-order valence-corrected chi connectivity index (χ0v) is 11.7. The Kier molecular flexibility index (Phi) is 3.17. The van der Waals surface area contributed by atoms with E-state index in [1.807, 2.05) is 0 Å². The second-order valence-corrected chi connectivity index (χ2v) is 4.49.